The van der Waals surface area contributed by atoms with E-state index in [2.05, 4.69) is 29.6 Å². The van der Waals surface area contributed by atoms with Gasteiger partial charge >= 0.3 is 6.03 Å². The van der Waals surface area contributed by atoms with Crippen LogP contribution in [0.4, 0.5) is 4.79 Å². The van der Waals surface area contributed by atoms with Crippen LogP contribution in [0.5, 0.6) is 0 Å². The summed E-state index contributed by atoms with van der Waals surface area (Å²) in [6.07, 6.45) is 0.816. The quantitative estimate of drug-likeness (QED) is 0.839. The highest BCUT2D eigenvalue weighted by Gasteiger charge is 2.40. The molecule has 5 rings (SSSR count). The lowest BCUT2D eigenvalue weighted by Crippen LogP contribution is -2.63. The molecule has 0 radical (unpaired) electrons. The van der Waals surface area contributed by atoms with E-state index in [0.717, 1.165) is 32.7 Å². The van der Waals surface area contributed by atoms with Gasteiger partial charge in [-0.15, -0.1) is 0 Å². The molecule has 27 heavy (non-hydrogen) atoms. The van der Waals surface area contributed by atoms with Crippen LogP contribution in [0.3, 0.4) is 0 Å². The zero-order chi connectivity index (χ0) is 18.4. The first kappa shape index (κ1) is 17.0. The topological polar surface area (TPSA) is 71.1 Å². The number of benzene rings is 1. The Morgan fingerprint density at radius 1 is 1.00 bits per heavy atom. The fraction of sp³-hybridized carbons (Fsp3) is 0.600. The standard InChI is InChI=1S/C20H25N3O4/c24-19-12-27-18-5-6-22(9-17(18)21-19)20(25)23-7-15(8-23)13-1-3-14(4-2-13)16-10-26-11-16/h1-4,15-18H,5-12H2,(H,21,24)/t17-,18+/m1/s1. The number of carbonyl (C=O) groups is 2. The number of rotatable bonds is 2. The van der Waals surface area contributed by atoms with Gasteiger partial charge < -0.3 is 24.6 Å². The highest BCUT2D eigenvalue weighted by atomic mass is 16.5. The zero-order valence-electron chi connectivity index (χ0n) is 15.3. The molecule has 0 unspecified atom stereocenters. The maximum absolute atomic E-state index is 12.8. The Kier molecular flexibility index (Phi) is 4.28. The lowest BCUT2D eigenvalue weighted by atomic mass is 9.89. The van der Waals surface area contributed by atoms with Crippen molar-refractivity contribution in [1.29, 1.82) is 0 Å². The van der Waals surface area contributed by atoms with Gasteiger partial charge in [0.05, 0.1) is 25.4 Å². The second-order valence-corrected chi connectivity index (χ2v) is 8.04. The van der Waals surface area contributed by atoms with Crippen LogP contribution in [0.2, 0.25) is 0 Å². The SMILES string of the molecule is O=C1CO[C@H]2CCN(C(=O)N3CC(c4ccc(C5COC5)cc4)C3)C[C@H]2N1. The van der Waals surface area contributed by atoms with E-state index in [-0.39, 0.29) is 30.7 Å². The lowest BCUT2D eigenvalue weighted by Gasteiger charge is -2.46. The second-order valence-electron chi connectivity index (χ2n) is 8.04. The van der Waals surface area contributed by atoms with Crippen LogP contribution in [0.1, 0.15) is 29.4 Å². The van der Waals surface area contributed by atoms with Crippen molar-refractivity contribution in [1.82, 2.24) is 15.1 Å². The van der Waals surface area contributed by atoms with E-state index in [4.69, 9.17) is 9.47 Å². The number of nitrogens with one attached hydrogen (secondary N) is 1. The number of likely N-dealkylation sites (tertiary alicyclic amines) is 2. The third-order valence-corrected chi connectivity index (χ3v) is 6.26. The van der Waals surface area contributed by atoms with Gasteiger partial charge in [-0.2, -0.15) is 0 Å². The summed E-state index contributed by atoms with van der Waals surface area (Å²) in [4.78, 5) is 28.1. The first-order chi connectivity index (χ1) is 13.2. The molecule has 4 heterocycles. The molecule has 4 fully saturated rings. The molecule has 2 atom stereocenters. The summed E-state index contributed by atoms with van der Waals surface area (Å²) >= 11 is 0. The molecule has 7 nitrogen and oxygen atoms in total. The van der Waals surface area contributed by atoms with Crippen molar-refractivity contribution in [3.63, 3.8) is 0 Å². The molecule has 4 aliphatic rings. The fourth-order valence-corrected chi connectivity index (χ4v) is 4.39. The third kappa shape index (κ3) is 3.19. The summed E-state index contributed by atoms with van der Waals surface area (Å²) in [5.41, 5.74) is 2.64. The van der Waals surface area contributed by atoms with E-state index < -0.39 is 0 Å². The molecule has 0 aromatic heterocycles. The molecule has 144 valence electrons. The van der Waals surface area contributed by atoms with Gasteiger partial charge in [0.2, 0.25) is 5.91 Å². The minimum atomic E-state index is -0.0912. The first-order valence-electron chi connectivity index (χ1n) is 9.80. The summed E-state index contributed by atoms with van der Waals surface area (Å²) in [6, 6.07) is 8.78. The van der Waals surface area contributed by atoms with E-state index in [1.54, 1.807) is 0 Å². The van der Waals surface area contributed by atoms with Crippen LogP contribution >= 0.6 is 0 Å². The summed E-state index contributed by atoms with van der Waals surface area (Å²) < 4.78 is 10.8. The Hall–Kier alpha value is -2.12. The summed E-state index contributed by atoms with van der Waals surface area (Å²) in [7, 11) is 0. The molecule has 3 amide bonds. The smallest absolute Gasteiger partial charge is 0.320 e. The van der Waals surface area contributed by atoms with Crippen LogP contribution in [-0.2, 0) is 14.3 Å². The molecule has 0 aliphatic carbocycles. The summed E-state index contributed by atoms with van der Waals surface area (Å²) in [5.74, 6) is 0.869. The van der Waals surface area contributed by atoms with Gasteiger partial charge in [0.15, 0.2) is 0 Å². The zero-order valence-corrected chi connectivity index (χ0v) is 15.3. The van der Waals surface area contributed by atoms with E-state index in [1.165, 1.54) is 11.1 Å². The minimum Gasteiger partial charge on any atom is -0.380 e. The highest BCUT2D eigenvalue weighted by Crippen LogP contribution is 2.31. The number of urea groups is 1. The van der Waals surface area contributed by atoms with Crippen molar-refractivity contribution in [3.05, 3.63) is 35.4 Å². The van der Waals surface area contributed by atoms with Gasteiger partial charge in [-0.3, -0.25) is 4.79 Å². The molecular weight excluding hydrogens is 346 g/mol. The average Bonchev–Trinajstić information content (AvgIpc) is 2.59. The van der Waals surface area contributed by atoms with Crippen molar-refractivity contribution < 1.29 is 19.1 Å². The number of hydrogen-bond acceptors (Lipinski definition) is 4. The third-order valence-electron chi connectivity index (χ3n) is 6.26. The molecule has 4 saturated heterocycles. The van der Waals surface area contributed by atoms with Gasteiger partial charge in [-0.05, 0) is 17.5 Å². The number of nitrogens with zero attached hydrogens (tertiary/aromatic N) is 2. The molecule has 1 N–H and O–H groups in total. The van der Waals surface area contributed by atoms with Crippen LogP contribution in [-0.4, -0.2) is 79.9 Å². The molecule has 1 aromatic carbocycles. The normalized spacial score (nSPS) is 28.8. The predicted molar refractivity (Wildman–Crippen MR) is 97.6 cm³/mol. The van der Waals surface area contributed by atoms with Crippen molar-refractivity contribution in [2.45, 2.75) is 30.4 Å². The van der Waals surface area contributed by atoms with E-state index in [0.29, 0.717) is 24.9 Å². The van der Waals surface area contributed by atoms with Crippen LogP contribution < -0.4 is 5.32 Å². The van der Waals surface area contributed by atoms with Crippen molar-refractivity contribution >= 4 is 11.9 Å². The highest BCUT2D eigenvalue weighted by molar-refractivity contribution is 5.79. The number of ether oxygens (including phenoxy) is 2. The molecule has 0 bridgehead atoms. The van der Waals surface area contributed by atoms with Gasteiger partial charge in [0, 0.05) is 38.0 Å². The molecular formula is C20H25N3O4. The lowest BCUT2D eigenvalue weighted by molar-refractivity contribution is -0.139. The van der Waals surface area contributed by atoms with Crippen LogP contribution in [0.15, 0.2) is 24.3 Å². The fourth-order valence-electron chi connectivity index (χ4n) is 4.39. The van der Waals surface area contributed by atoms with Crippen molar-refractivity contribution in [3.8, 4) is 0 Å². The average molecular weight is 371 g/mol. The van der Waals surface area contributed by atoms with Gasteiger partial charge in [0.1, 0.15) is 6.61 Å². The molecule has 0 saturated carbocycles. The van der Waals surface area contributed by atoms with E-state index >= 15 is 0 Å². The predicted octanol–water partition coefficient (Wildman–Crippen LogP) is 0.909. The van der Waals surface area contributed by atoms with Crippen molar-refractivity contribution in [2.24, 2.45) is 0 Å². The maximum atomic E-state index is 12.8. The van der Waals surface area contributed by atoms with Gasteiger partial charge in [-0.1, -0.05) is 24.3 Å². The molecule has 4 aliphatic heterocycles. The minimum absolute atomic E-state index is 0.0375. The van der Waals surface area contributed by atoms with Gasteiger partial charge in [-0.25, -0.2) is 4.79 Å². The summed E-state index contributed by atoms with van der Waals surface area (Å²) in [5, 5.41) is 2.95. The number of morpholine rings is 1. The van der Waals surface area contributed by atoms with E-state index in [9.17, 15) is 9.59 Å². The number of amides is 3. The van der Waals surface area contributed by atoms with E-state index in [1.807, 2.05) is 9.80 Å². The Morgan fingerprint density at radius 2 is 1.70 bits per heavy atom. The van der Waals surface area contributed by atoms with Crippen molar-refractivity contribution in [2.75, 3.05) is 46.0 Å². The Labute approximate surface area is 158 Å². The Morgan fingerprint density at radius 3 is 2.37 bits per heavy atom. The molecule has 0 spiro atoms. The second kappa shape index (κ2) is 6.80. The largest absolute Gasteiger partial charge is 0.380 e. The number of fused-ring (bicyclic) bond motifs is 1. The Bertz CT molecular complexity index is 727. The summed E-state index contributed by atoms with van der Waals surface area (Å²) in [6.45, 7) is 4.54. The number of piperidine rings is 1. The number of carbonyl (C=O) groups excluding carboxylic acids is 2. The van der Waals surface area contributed by atoms with Crippen LogP contribution in [0.25, 0.3) is 0 Å². The Balaban J connectivity index is 1.15. The maximum Gasteiger partial charge on any atom is 0.320 e. The van der Waals surface area contributed by atoms with Gasteiger partial charge in [0.25, 0.3) is 0 Å². The number of hydrogen-bond donors (Lipinski definition) is 1. The monoisotopic (exact) mass is 371 g/mol. The first-order valence-corrected chi connectivity index (χ1v) is 9.80. The molecule has 1 aromatic rings. The van der Waals surface area contributed by atoms with Crippen LogP contribution in [0, 0.1) is 0 Å². The molecule has 7 heteroatoms.